The molecule has 1 aliphatic carbocycles. The molecule has 0 radical (unpaired) electrons. The molecule has 0 spiro atoms. The Labute approximate surface area is 103 Å². The van der Waals surface area contributed by atoms with Gasteiger partial charge in [0.05, 0.1) is 16.4 Å². The van der Waals surface area contributed by atoms with Crippen molar-refractivity contribution in [3.63, 3.8) is 0 Å². The van der Waals surface area contributed by atoms with Gasteiger partial charge in [0.25, 0.3) is 0 Å². The lowest BCUT2D eigenvalue weighted by Crippen LogP contribution is -1.91. The first-order valence-electron chi connectivity index (χ1n) is 5.58. The van der Waals surface area contributed by atoms with Crippen LogP contribution < -0.4 is 0 Å². The molecule has 1 aromatic carbocycles. The summed E-state index contributed by atoms with van der Waals surface area (Å²) in [6.07, 6.45) is 2.88. The van der Waals surface area contributed by atoms with Crippen molar-refractivity contribution >= 4 is 17.2 Å². The third-order valence-corrected chi connectivity index (χ3v) is 3.54. The molecule has 0 unspecified atom stereocenters. The third kappa shape index (κ3) is 1.19. The number of imidazole rings is 1. The van der Waals surface area contributed by atoms with Crippen LogP contribution in [0.15, 0.2) is 42.6 Å². The Balaban J connectivity index is 2.09. The summed E-state index contributed by atoms with van der Waals surface area (Å²) >= 11 is 6.04. The van der Waals surface area contributed by atoms with Gasteiger partial charge in [-0.3, -0.25) is 0 Å². The molecule has 2 heterocycles. The molecule has 0 amide bonds. The zero-order chi connectivity index (χ0) is 11.4. The molecule has 0 bridgehead atoms. The van der Waals surface area contributed by atoms with Crippen LogP contribution in [0.4, 0.5) is 0 Å². The molecular weight excluding hydrogens is 232 g/mol. The zero-order valence-electron chi connectivity index (χ0n) is 9.02. The van der Waals surface area contributed by atoms with E-state index in [9.17, 15) is 0 Å². The summed E-state index contributed by atoms with van der Waals surface area (Å²) < 4.78 is 2.09. The van der Waals surface area contributed by atoms with E-state index in [0.717, 1.165) is 22.8 Å². The molecule has 17 heavy (non-hydrogen) atoms. The second kappa shape index (κ2) is 3.11. The summed E-state index contributed by atoms with van der Waals surface area (Å²) in [6, 6.07) is 12.3. The average molecular weight is 241 g/mol. The van der Waals surface area contributed by atoms with Crippen molar-refractivity contribution in [2.24, 2.45) is 0 Å². The van der Waals surface area contributed by atoms with Gasteiger partial charge in [0.15, 0.2) is 0 Å². The molecular formula is C14H9ClN2. The molecule has 2 nitrogen and oxygen atoms in total. The van der Waals surface area contributed by atoms with E-state index in [4.69, 9.17) is 11.6 Å². The van der Waals surface area contributed by atoms with Crippen molar-refractivity contribution in [3.8, 4) is 11.3 Å². The Morgan fingerprint density at radius 3 is 2.94 bits per heavy atom. The number of fused-ring (bicyclic) bond motifs is 5. The minimum atomic E-state index is 0.744. The van der Waals surface area contributed by atoms with Crippen LogP contribution in [0.25, 0.3) is 16.9 Å². The van der Waals surface area contributed by atoms with Crippen LogP contribution in [0, 0.1) is 0 Å². The van der Waals surface area contributed by atoms with Crippen LogP contribution in [-0.2, 0) is 6.42 Å². The Morgan fingerprint density at radius 1 is 1.12 bits per heavy atom. The Morgan fingerprint density at radius 2 is 2.00 bits per heavy atom. The topological polar surface area (TPSA) is 17.3 Å². The second-order valence-electron chi connectivity index (χ2n) is 4.32. The van der Waals surface area contributed by atoms with Crippen LogP contribution in [0.5, 0.6) is 0 Å². The lowest BCUT2D eigenvalue weighted by molar-refractivity contribution is 1.05. The first-order valence-corrected chi connectivity index (χ1v) is 5.95. The predicted octanol–water partition coefficient (Wildman–Crippen LogP) is 3.56. The van der Waals surface area contributed by atoms with Crippen LogP contribution in [-0.4, -0.2) is 9.38 Å². The van der Waals surface area contributed by atoms with Gasteiger partial charge in [-0.2, -0.15) is 0 Å². The first-order chi connectivity index (χ1) is 8.33. The fourth-order valence-electron chi connectivity index (χ4n) is 2.54. The number of rotatable bonds is 0. The van der Waals surface area contributed by atoms with E-state index in [2.05, 4.69) is 33.7 Å². The molecule has 0 fully saturated rings. The molecule has 3 heteroatoms. The second-order valence-corrected chi connectivity index (χ2v) is 4.75. The highest BCUT2D eigenvalue weighted by Crippen LogP contribution is 2.36. The van der Waals surface area contributed by atoms with E-state index in [1.807, 2.05) is 18.3 Å². The minimum absolute atomic E-state index is 0.744. The molecule has 0 saturated carbocycles. The zero-order valence-corrected chi connectivity index (χ0v) is 9.78. The van der Waals surface area contributed by atoms with Gasteiger partial charge in [-0.05, 0) is 17.7 Å². The number of pyridine rings is 1. The van der Waals surface area contributed by atoms with Crippen molar-refractivity contribution in [1.82, 2.24) is 9.38 Å². The molecule has 1 aliphatic rings. The Bertz CT molecular complexity index is 743. The first kappa shape index (κ1) is 9.25. The largest absolute Gasteiger partial charge is 0.302 e. The lowest BCUT2D eigenvalue weighted by Gasteiger charge is -1.99. The number of hydrogen-bond donors (Lipinski definition) is 0. The molecule has 0 aliphatic heterocycles. The number of halogens is 1. The van der Waals surface area contributed by atoms with E-state index >= 15 is 0 Å². The summed E-state index contributed by atoms with van der Waals surface area (Å²) in [6.45, 7) is 0. The molecule has 4 rings (SSSR count). The molecule has 3 aromatic rings. The summed E-state index contributed by atoms with van der Waals surface area (Å²) in [4.78, 5) is 4.68. The van der Waals surface area contributed by atoms with Gasteiger partial charge in [-0.25, -0.2) is 4.98 Å². The summed E-state index contributed by atoms with van der Waals surface area (Å²) in [5, 5.41) is 0.744. The Hall–Kier alpha value is -1.80. The van der Waals surface area contributed by atoms with Crippen molar-refractivity contribution in [2.75, 3.05) is 0 Å². The average Bonchev–Trinajstić information content (AvgIpc) is 2.85. The number of nitrogens with zero attached hydrogens (tertiary/aromatic N) is 2. The monoisotopic (exact) mass is 240 g/mol. The summed E-state index contributed by atoms with van der Waals surface area (Å²) in [5.41, 5.74) is 5.90. The standard InChI is InChI=1S/C14H9ClN2/c15-10-5-6-13-16-14-11-4-2-1-3-9(11)7-12(14)17(13)8-10/h1-6,8H,7H2. The van der Waals surface area contributed by atoms with Crippen molar-refractivity contribution in [1.29, 1.82) is 0 Å². The van der Waals surface area contributed by atoms with Gasteiger partial charge in [0.2, 0.25) is 0 Å². The minimum Gasteiger partial charge on any atom is -0.302 e. The summed E-state index contributed by atoms with van der Waals surface area (Å²) in [7, 11) is 0. The molecule has 0 N–H and O–H groups in total. The molecule has 0 saturated heterocycles. The fourth-order valence-corrected chi connectivity index (χ4v) is 2.70. The van der Waals surface area contributed by atoms with Crippen LogP contribution in [0.3, 0.4) is 0 Å². The third-order valence-electron chi connectivity index (χ3n) is 3.31. The van der Waals surface area contributed by atoms with Crippen LogP contribution >= 0.6 is 11.6 Å². The van der Waals surface area contributed by atoms with Gasteiger partial charge < -0.3 is 4.40 Å². The quantitative estimate of drug-likeness (QED) is 0.459. The van der Waals surface area contributed by atoms with Crippen LogP contribution in [0.2, 0.25) is 5.02 Å². The maximum absolute atomic E-state index is 6.04. The van der Waals surface area contributed by atoms with E-state index in [1.165, 1.54) is 16.8 Å². The van der Waals surface area contributed by atoms with Crippen molar-refractivity contribution < 1.29 is 0 Å². The molecule has 82 valence electrons. The number of hydrogen-bond acceptors (Lipinski definition) is 1. The van der Waals surface area contributed by atoms with E-state index in [0.29, 0.717) is 0 Å². The lowest BCUT2D eigenvalue weighted by atomic mass is 10.1. The number of aromatic nitrogens is 2. The fraction of sp³-hybridized carbons (Fsp3) is 0.0714. The number of benzene rings is 1. The van der Waals surface area contributed by atoms with Crippen LogP contribution in [0.1, 0.15) is 11.3 Å². The van der Waals surface area contributed by atoms with Crippen molar-refractivity contribution in [2.45, 2.75) is 6.42 Å². The SMILES string of the molecule is Clc1ccc2nc3c(n2c1)Cc1ccccc1-3. The maximum Gasteiger partial charge on any atom is 0.137 e. The van der Waals surface area contributed by atoms with E-state index in [1.54, 1.807) is 0 Å². The predicted molar refractivity (Wildman–Crippen MR) is 68.4 cm³/mol. The van der Waals surface area contributed by atoms with E-state index < -0.39 is 0 Å². The highest BCUT2D eigenvalue weighted by molar-refractivity contribution is 6.30. The Kier molecular flexibility index (Phi) is 1.69. The maximum atomic E-state index is 6.04. The van der Waals surface area contributed by atoms with E-state index in [-0.39, 0.29) is 0 Å². The van der Waals surface area contributed by atoms with Gasteiger partial charge in [-0.1, -0.05) is 35.9 Å². The van der Waals surface area contributed by atoms with Gasteiger partial charge in [0, 0.05) is 18.2 Å². The van der Waals surface area contributed by atoms with Crippen molar-refractivity contribution in [3.05, 3.63) is 58.9 Å². The van der Waals surface area contributed by atoms with Gasteiger partial charge in [-0.15, -0.1) is 0 Å². The van der Waals surface area contributed by atoms with Gasteiger partial charge >= 0.3 is 0 Å². The smallest absolute Gasteiger partial charge is 0.137 e. The molecule has 2 aromatic heterocycles. The molecule has 0 atom stereocenters. The summed E-state index contributed by atoms with van der Waals surface area (Å²) in [5.74, 6) is 0. The highest BCUT2D eigenvalue weighted by atomic mass is 35.5. The normalized spacial score (nSPS) is 12.8. The highest BCUT2D eigenvalue weighted by Gasteiger charge is 2.23. The van der Waals surface area contributed by atoms with Gasteiger partial charge in [0.1, 0.15) is 5.65 Å².